The zero-order valence-electron chi connectivity index (χ0n) is 16.8. The Bertz CT molecular complexity index is 1180. The van der Waals surface area contributed by atoms with Crippen molar-refractivity contribution < 1.29 is 54.6 Å². The van der Waals surface area contributed by atoms with Crippen molar-refractivity contribution >= 4 is 17.6 Å². The van der Waals surface area contributed by atoms with E-state index in [2.05, 4.69) is 4.74 Å². The molecule has 34 heavy (non-hydrogen) atoms. The average molecular weight is 495 g/mol. The summed E-state index contributed by atoms with van der Waals surface area (Å²) >= 11 is 0. The Morgan fingerprint density at radius 2 is 1.53 bits per heavy atom. The summed E-state index contributed by atoms with van der Waals surface area (Å²) in [6, 6.07) is 0.744. The van der Waals surface area contributed by atoms with Crippen molar-refractivity contribution in [2.24, 2.45) is 11.8 Å². The molecule has 182 valence electrons. The van der Waals surface area contributed by atoms with E-state index in [1.807, 2.05) is 0 Å². The first-order chi connectivity index (χ1) is 15.8. The third kappa shape index (κ3) is 3.82. The van der Waals surface area contributed by atoms with Crippen molar-refractivity contribution in [3.63, 3.8) is 0 Å². The highest BCUT2D eigenvalue weighted by atomic mass is 19.3. The monoisotopic (exact) mass is 495 g/mol. The number of carboxylic acids is 1. The zero-order valence-corrected chi connectivity index (χ0v) is 16.8. The summed E-state index contributed by atoms with van der Waals surface area (Å²) in [5.41, 5.74) is -3.39. The fraction of sp³-hybridized carbons (Fsp3) is 0.333. The first-order valence-corrected chi connectivity index (χ1v) is 9.77. The van der Waals surface area contributed by atoms with Gasteiger partial charge in [0.15, 0.2) is 29.0 Å². The number of carbonyl (C=O) groups excluding carboxylic acids is 1. The summed E-state index contributed by atoms with van der Waals surface area (Å²) in [6.07, 6.45) is -4.06. The van der Waals surface area contributed by atoms with Gasteiger partial charge in [0.25, 0.3) is 0 Å². The number of benzene rings is 2. The molecule has 1 N–H and O–H groups in total. The zero-order chi connectivity index (χ0) is 25.1. The Balaban J connectivity index is 1.77. The topological polar surface area (TPSA) is 66.8 Å². The van der Waals surface area contributed by atoms with E-state index in [0.29, 0.717) is 11.0 Å². The van der Waals surface area contributed by atoms with Crippen LogP contribution < -0.4 is 9.64 Å². The maximum absolute atomic E-state index is 14.6. The van der Waals surface area contributed by atoms with E-state index in [4.69, 9.17) is 5.11 Å². The summed E-state index contributed by atoms with van der Waals surface area (Å²) in [5, 5.41) is 8.81. The lowest BCUT2D eigenvalue weighted by molar-refractivity contribution is -0.193. The van der Waals surface area contributed by atoms with Crippen molar-refractivity contribution in [3.8, 4) is 16.9 Å². The average Bonchev–Trinajstić information content (AvgIpc) is 2.72. The molecule has 1 aliphatic heterocycles. The summed E-state index contributed by atoms with van der Waals surface area (Å²) < 4.78 is 116. The van der Waals surface area contributed by atoms with Crippen LogP contribution in [0.15, 0.2) is 12.1 Å². The molecule has 1 amide bonds. The van der Waals surface area contributed by atoms with Gasteiger partial charge in [-0.1, -0.05) is 0 Å². The lowest BCUT2D eigenvalue weighted by Crippen LogP contribution is -2.53. The molecule has 1 heterocycles. The number of rotatable bonds is 5. The molecule has 0 unspecified atom stereocenters. The van der Waals surface area contributed by atoms with Gasteiger partial charge < -0.3 is 9.84 Å². The van der Waals surface area contributed by atoms with Gasteiger partial charge in [-0.2, -0.15) is 8.78 Å². The minimum atomic E-state index is -4.42. The van der Waals surface area contributed by atoms with Gasteiger partial charge in [-0.05, 0) is 30.7 Å². The van der Waals surface area contributed by atoms with Crippen LogP contribution in [0.25, 0.3) is 11.1 Å². The van der Waals surface area contributed by atoms with Gasteiger partial charge in [0.2, 0.25) is 5.82 Å². The van der Waals surface area contributed by atoms with Gasteiger partial charge in [0.1, 0.15) is 5.82 Å². The van der Waals surface area contributed by atoms with E-state index in [1.54, 1.807) is 0 Å². The van der Waals surface area contributed by atoms with Gasteiger partial charge in [-0.15, -0.1) is 0 Å². The normalized spacial score (nSPS) is 21.1. The Kier molecular flexibility index (Phi) is 5.68. The quantitative estimate of drug-likeness (QED) is 0.360. The molecule has 0 aromatic heterocycles. The number of carboxylic acid groups (broad SMARTS) is 1. The molecule has 5 nitrogen and oxygen atoms in total. The maximum atomic E-state index is 14.6. The number of hydrogen-bond acceptors (Lipinski definition) is 3. The van der Waals surface area contributed by atoms with E-state index in [9.17, 15) is 44.7 Å². The highest BCUT2D eigenvalue weighted by Crippen LogP contribution is 2.46. The van der Waals surface area contributed by atoms with Crippen molar-refractivity contribution in [2.45, 2.75) is 25.4 Å². The summed E-state index contributed by atoms with van der Waals surface area (Å²) in [6.45, 7) is -0.400. The van der Waals surface area contributed by atoms with Gasteiger partial charge in [-0.3, -0.25) is 14.5 Å². The maximum Gasteiger partial charge on any atom is 0.482 e. The molecule has 13 heteroatoms. The van der Waals surface area contributed by atoms with Gasteiger partial charge in [0, 0.05) is 24.6 Å². The lowest BCUT2D eigenvalue weighted by atomic mass is 9.73. The van der Waals surface area contributed by atoms with Crippen molar-refractivity contribution in [3.05, 3.63) is 47.0 Å². The van der Waals surface area contributed by atoms with Crippen molar-refractivity contribution in [2.75, 3.05) is 11.4 Å². The first kappa shape index (κ1) is 23.8. The number of anilines is 1. The fourth-order valence-electron chi connectivity index (χ4n) is 4.19. The molecule has 0 spiro atoms. The predicted octanol–water partition coefficient (Wildman–Crippen LogP) is 5.01. The van der Waals surface area contributed by atoms with E-state index in [-0.39, 0.29) is 31.2 Å². The molecule has 4 rings (SSSR count). The van der Waals surface area contributed by atoms with Crippen LogP contribution in [0.2, 0.25) is 0 Å². The standard InChI is InChI=1S/C21H13F8NO4/c22-10-5-12-11(4-9(10)14-15(23)17(25)19(27)18(26)16(14)24)30(20(33)21(28,29)34-12)6-8-1-7(2-8)3-13(31)32/h4-5,7-8H,1-3,6H2,(H,31,32). The molecule has 2 aromatic rings. The third-order valence-electron chi connectivity index (χ3n) is 5.79. The second-order valence-electron chi connectivity index (χ2n) is 8.08. The number of hydrogen-bond donors (Lipinski definition) is 1. The summed E-state index contributed by atoms with van der Waals surface area (Å²) in [4.78, 5) is 23.6. The van der Waals surface area contributed by atoms with E-state index >= 15 is 0 Å². The number of halogens is 8. The molecule has 2 aliphatic rings. The molecule has 0 radical (unpaired) electrons. The Hall–Kier alpha value is -3.38. The third-order valence-corrected chi connectivity index (χ3v) is 5.79. The Labute approximate surface area is 185 Å². The van der Waals surface area contributed by atoms with Crippen LogP contribution in [-0.2, 0) is 9.59 Å². The van der Waals surface area contributed by atoms with Gasteiger partial charge >= 0.3 is 18.0 Å². The molecule has 1 aliphatic carbocycles. The molecular formula is C21H13F8NO4. The summed E-state index contributed by atoms with van der Waals surface area (Å²) in [7, 11) is 0. The second-order valence-corrected chi connectivity index (χ2v) is 8.08. The van der Waals surface area contributed by atoms with Crippen molar-refractivity contribution in [1.29, 1.82) is 0 Å². The molecule has 2 aromatic carbocycles. The number of fused-ring (bicyclic) bond motifs is 1. The number of carbonyl (C=O) groups is 2. The van der Waals surface area contributed by atoms with Gasteiger partial charge in [-0.25, -0.2) is 26.3 Å². The molecule has 1 saturated carbocycles. The van der Waals surface area contributed by atoms with E-state index < -0.39 is 87.9 Å². The Morgan fingerprint density at radius 1 is 0.971 bits per heavy atom. The Morgan fingerprint density at radius 3 is 2.09 bits per heavy atom. The molecule has 0 saturated heterocycles. The van der Waals surface area contributed by atoms with E-state index in [1.165, 1.54) is 0 Å². The lowest BCUT2D eigenvalue weighted by Gasteiger charge is -2.40. The van der Waals surface area contributed by atoms with Crippen LogP contribution in [0.1, 0.15) is 19.3 Å². The van der Waals surface area contributed by atoms with Crippen LogP contribution in [0.5, 0.6) is 5.75 Å². The number of aliphatic carboxylic acids is 1. The molecule has 0 atom stereocenters. The number of nitrogens with zero attached hydrogens (tertiary/aromatic N) is 1. The molecular weight excluding hydrogens is 482 g/mol. The first-order valence-electron chi connectivity index (χ1n) is 9.77. The van der Waals surface area contributed by atoms with Crippen LogP contribution >= 0.6 is 0 Å². The fourth-order valence-corrected chi connectivity index (χ4v) is 4.19. The minimum absolute atomic E-state index is 0.171. The minimum Gasteiger partial charge on any atom is -0.481 e. The van der Waals surface area contributed by atoms with Crippen LogP contribution in [0.4, 0.5) is 40.8 Å². The SMILES string of the molecule is O=C(O)CC1CC(CN2C(=O)C(F)(F)Oc3cc(F)c(-c4c(F)c(F)c(F)c(F)c4F)cc32)C1. The number of ether oxygens (including phenoxy) is 1. The largest absolute Gasteiger partial charge is 0.482 e. The van der Waals surface area contributed by atoms with Crippen molar-refractivity contribution in [1.82, 2.24) is 0 Å². The molecule has 0 bridgehead atoms. The number of alkyl halides is 2. The number of amides is 1. The van der Waals surface area contributed by atoms with E-state index in [0.717, 1.165) is 0 Å². The second kappa shape index (κ2) is 8.13. The van der Waals surface area contributed by atoms with Crippen LogP contribution in [0, 0.1) is 46.7 Å². The highest BCUT2D eigenvalue weighted by Gasteiger charge is 2.52. The van der Waals surface area contributed by atoms with Crippen LogP contribution in [-0.4, -0.2) is 29.6 Å². The summed E-state index contributed by atoms with van der Waals surface area (Å²) in [5.74, 6) is -18.1. The van der Waals surface area contributed by atoms with Crippen LogP contribution in [0.3, 0.4) is 0 Å². The highest BCUT2D eigenvalue weighted by molar-refractivity contribution is 6.01. The predicted molar refractivity (Wildman–Crippen MR) is 98.0 cm³/mol. The smallest absolute Gasteiger partial charge is 0.481 e. The molecule has 1 fully saturated rings. The van der Waals surface area contributed by atoms with Gasteiger partial charge in [0.05, 0.1) is 11.3 Å².